The Kier molecular flexibility index (Phi) is 2.45. The molecule has 0 amide bonds. The van der Waals surface area contributed by atoms with E-state index in [0.29, 0.717) is 5.15 Å². The normalized spacial score (nSPS) is 11.4. The molecule has 3 heterocycles. The van der Waals surface area contributed by atoms with E-state index in [4.69, 9.17) is 17.3 Å². The number of aromatic nitrogens is 3. The maximum absolute atomic E-state index is 5.91. The highest BCUT2D eigenvalue weighted by atomic mass is 35.5. The molecule has 0 radical (unpaired) electrons. The molecule has 6 heteroatoms. The Morgan fingerprint density at radius 3 is 2.65 bits per heavy atom. The molecular formula is C14H9ClN4S. The Hall–Kier alpha value is -2.11. The van der Waals surface area contributed by atoms with E-state index in [1.165, 1.54) is 11.3 Å². The number of pyridine rings is 1. The molecule has 98 valence electrons. The number of nitrogens with zero attached hydrogens (tertiary/aromatic N) is 3. The summed E-state index contributed by atoms with van der Waals surface area (Å²) in [7, 11) is 0. The highest BCUT2D eigenvalue weighted by Crippen LogP contribution is 2.29. The molecule has 0 aliphatic heterocycles. The summed E-state index contributed by atoms with van der Waals surface area (Å²) in [6.45, 7) is 0. The SMILES string of the molecule is Nc1ccc(-c2cn3c(n2)sc2nc(Cl)ccc23)cc1. The zero-order valence-electron chi connectivity index (χ0n) is 10.2. The lowest BCUT2D eigenvalue weighted by Gasteiger charge is -1.96. The van der Waals surface area contributed by atoms with E-state index < -0.39 is 0 Å². The first kappa shape index (κ1) is 11.7. The Labute approximate surface area is 123 Å². The molecule has 0 unspecified atom stereocenters. The summed E-state index contributed by atoms with van der Waals surface area (Å²) in [5, 5.41) is 0.501. The number of anilines is 1. The molecule has 3 aromatic heterocycles. The Morgan fingerprint density at radius 1 is 1.05 bits per heavy atom. The van der Waals surface area contributed by atoms with Gasteiger partial charge in [-0.25, -0.2) is 9.97 Å². The van der Waals surface area contributed by atoms with Crippen molar-refractivity contribution in [3.63, 3.8) is 0 Å². The van der Waals surface area contributed by atoms with Gasteiger partial charge in [0.2, 0.25) is 0 Å². The number of nitrogens with two attached hydrogens (primary N) is 1. The quantitative estimate of drug-likeness (QED) is 0.429. The molecule has 4 nitrogen and oxygen atoms in total. The van der Waals surface area contributed by atoms with E-state index in [1.54, 1.807) is 6.07 Å². The molecule has 4 aromatic rings. The zero-order chi connectivity index (χ0) is 13.7. The molecule has 2 N–H and O–H groups in total. The maximum Gasteiger partial charge on any atom is 0.196 e. The number of thiazole rings is 1. The van der Waals surface area contributed by atoms with Gasteiger partial charge in [0, 0.05) is 17.4 Å². The molecule has 0 saturated carbocycles. The number of rotatable bonds is 1. The van der Waals surface area contributed by atoms with Gasteiger partial charge in [0.15, 0.2) is 4.96 Å². The van der Waals surface area contributed by atoms with E-state index in [-0.39, 0.29) is 0 Å². The van der Waals surface area contributed by atoms with E-state index in [9.17, 15) is 0 Å². The largest absolute Gasteiger partial charge is 0.399 e. The van der Waals surface area contributed by atoms with Gasteiger partial charge in [-0.1, -0.05) is 35.1 Å². The van der Waals surface area contributed by atoms with Gasteiger partial charge in [-0.2, -0.15) is 0 Å². The van der Waals surface area contributed by atoms with Gasteiger partial charge in [-0.05, 0) is 24.3 Å². The number of imidazole rings is 1. The molecule has 4 rings (SSSR count). The fraction of sp³-hybridized carbons (Fsp3) is 0. The first-order valence-electron chi connectivity index (χ1n) is 6.01. The molecule has 20 heavy (non-hydrogen) atoms. The van der Waals surface area contributed by atoms with Crippen molar-refractivity contribution < 1.29 is 0 Å². The van der Waals surface area contributed by atoms with Crippen LogP contribution in [-0.2, 0) is 0 Å². The summed E-state index contributed by atoms with van der Waals surface area (Å²) in [6, 6.07) is 11.4. The standard InChI is InChI=1S/C14H9ClN4S/c15-12-6-5-11-13(18-12)20-14-17-10(7-19(11)14)8-1-3-9(16)4-2-8/h1-7H,16H2. The number of nitrogen functional groups attached to an aromatic ring is 1. The minimum Gasteiger partial charge on any atom is -0.399 e. The number of benzene rings is 1. The van der Waals surface area contributed by atoms with Crippen LogP contribution in [0.25, 0.3) is 26.6 Å². The van der Waals surface area contributed by atoms with Crippen LogP contribution >= 0.6 is 22.9 Å². The topological polar surface area (TPSA) is 56.2 Å². The van der Waals surface area contributed by atoms with Crippen LogP contribution in [0.1, 0.15) is 0 Å². The second-order valence-electron chi connectivity index (χ2n) is 4.46. The molecule has 0 bridgehead atoms. The molecular weight excluding hydrogens is 292 g/mol. The van der Waals surface area contributed by atoms with Crippen molar-refractivity contribution in [2.24, 2.45) is 0 Å². The summed E-state index contributed by atoms with van der Waals surface area (Å²) >= 11 is 7.44. The second-order valence-corrected chi connectivity index (χ2v) is 5.80. The lowest BCUT2D eigenvalue weighted by molar-refractivity contribution is 1.28. The van der Waals surface area contributed by atoms with Crippen LogP contribution in [0.4, 0.5) is 5.69 Å². The summed E-state index contributed by atoms with van der Waals surface area (Å²) in [5.74, 6) is 0. The summed E-state index contributed by atoms with van der Waals surface area (Å²) in [5.41, 5.74) is 9.44. The van der Waals surface area contributed by atoms with Crippen LogP contribution < -0.4 is 5.73 Å². The first-order valence-corrected chi connectivity index (χ1v) is 7.20. The third-order valence-electron chi connectivity index (χ3n) is 3.13. The Bertz CT molecular complexity index is 924. The molecule has 0 aliphatic carbocycles. The van der Waals surface area contributed by atoms with Crippen molar-refractivity contribution in [3.05, 3.63) is 47.7 Å². The second kappa shape index (κ2) is 4.19. The number of halogens is 1. The predicted octanol–water partition coefficient (Wildman–Crippen LogP) is 3.85. The Morgan fingerprint density at radius 2 is 1.85 bits per heavy atom. The molecule has 0 saturated heterocycles. The fourth-order valence-electron chi connectivity index (χ4n) is 2.16. The van der Waals surface area contributed by atoms with Crippen LogP contribution in [0.2, 0.25) is 5.15 Å². The maximum atomic E-state index is 5.91. The van der Waals surface area contributed by atoms with Crippen LogP contribution in [0, 0.1) is 0 Å². The monoisotopic (exact) mass is 300 g/mol. The van der Waals surface area contributed by atoms with E-state index >= 15 is 0 Å². The van der Waals surface area contributed by atoms with E-state index in [2.05, 4.69) is 9.97 Å². The van der Waals surface area contributed by atoms with Crippen LogP contribution in [0.3, 0.4) is 0 Å². The van der Waals surface area contributed by atoms with E-state index in [1.807, 2.05) is 40.9 Å². The molecule has 0 fully saturated rings. The minimum atomic E-state index is 0.501. The number of hydrogen-bond acceptors (Lipinski definition) is 4. The third kappa shape index (κ3) is 1.75. The Balaban J connectivity index is 1.93. The highest BCUT2D eigenvalue weighted by molar-refractivity contribution is 7.23. The van der Waals surface area contributed by atoms with Gasteiger partial charge in [0.25, 0.3) is 0 Å². The number of hydrogen-bond donors (Lipinski definition) is 1. The summed E-state index contributed by atoms with van der Waals surface area (Å²) in [4.78, 5) is 10.7. The molecule has 0 atom stereocenters. The average Bonchev–Trinajstić information content (AvgIpc) is 2.96. The van der Waals surface area contributed by atoms with Crippen LogP contribution in [0.5, 0.6) is 0 Å². The van der Waals surface area contributed by atoms with Crippen molar-refractivity contribution >= 4 is 43.9 Å². The lowest BCUT2D eigenvalue weighted by Crippen LogP contribution is -1.84. The summed E-state index contributed by atoms with van der Waals surface area (Å²) < 4.78 is 2.04. The molecule has 0 spiro atoms. The molecule has 0 aliphatic rings. The van der Waals surface area contributed by atoms with Crippen molar-refractivity contribution in [3.8, 4) is 11.3 Å². The average molecular weight is 301 g/mol. The van der Waals surface area contributed by atoms with Gasteiger partial charge in [0.05, 0.1) is 11.2 Å². The fourth-order valence-corrected chi connectivity index (χ4v) is 3.34. The predicted molar refractivity (Wildman–Crippen MR) is 83.2 cm³/mol. The highest BCUT2D eigenvalue weighted by Gasteiger charge is 2.11. The van der Waals surface area contributed by atoms with Gasteiger partial charge in [0.1, 0.15) is 9.98 Å². The van der Waals surface area contributed by atoms with Gasteiger partial charge >= 0.3 is 0 Å². The van der Waals surface area contributed by atoms with Crippen molar-refractivity contribution in [2.75, 3.05) is 5.73 Å². The smallest absolute Gasteiger partial charge is 0.196 e. The minimum absolute atomic E-state index is 0.501. The number of fused-ring (bicyclic) bond motifs is 3. The third-order valence-corrected chi connectivity index (χ3v) is 4.31. The van der Waals surface area contributed by atoms with Crippen LogP contribution in [0.15, 0.2) is 42.6 Å². The van der Waals surface area contributed by atoms with Crippen molar-refractivity contribution in [2.45, 2.75) is 0 Å². The van der Waals surface area contributed by atoms with Gasteiger partial charge in [-0.15, -0.1) is 0 Å². The van der Waals surface area contributed by atoms with Gasteiger partial charge in [-0.3, -0.25) is 4.40 Å². The molecule has 1 aromatic carbocycles. The van der Waals surface area contributed by atoms with E-state index in [0.717, 1.165) is 32.3 Å². The van der Waals surface area contributed by atoms with Crippen molar-refractivity contribution in [1.29, 1.82) is 0 Å². The zero-order valence-corrected chi connectivity index (χ0v) is 11.8. The van der Waals surface area contributed by atoms with Gasteiger partial charge < -0.3 is 5.73 Å². The first-order chi connectivity index (χ1) is 9.70. The lowest BCUT2D eigenvalue weighted by atomic mass is 10.1. The van der Waals surface area contributed by atoms with Crippen LogP contribution in [-0.4, -0.2) is 14.4 Å². The summed E-state index contributed by atoms with van der Waals surface area (Å²) in [6.07, 6.45) is 2.01. The van der Waals surface area contributed by atoms with Crippen molar-refractivity contribution in [1.82, 2.24) is 14.4 Å².